The maximum atomic E-state index is 13.8. The molecule has 0 radical (unpaired) electrons. The van der Waals surface area contributed by atoms with E-state index < -0.39 is 29.7 Å². The number of methoxy groups -OCH3 is 2. The topological polar surface area (TPSA) is 129 Å². The fourth-order valence-corrected chi connectivity index (χ4v) is 4.58. The number of carbonyl (C=O) groups excluding carboxylic acids is 1. The minimum Gasteiger partial charge on any atom is -0.479 e. The average Bonchev–Trinajstić information content (AvgIpc) is 3.49. The van der Waals surface area contributed by atoms with E-state index in [-0.39, 0.29) is 17.5 Å². The lowest BCUT2D eigenvalue weighted by Gasteiger charge is -2.23. The highest BCUT2D eigenvalue weighted by Crippen LogP contribution is 2.39. The Balaban J connectivity index is 1.72. The summed E-state index contributed by atoms with van der Waals surface area (Å²) in [5, 5.41) is 13.3. The van der Waals surface area contributed by atoms with E-state index >= 15 is 0 Å². The van der Waals surface area contributed by atoms with Gasteiger partial charge in [-0.05, 0) is 18.9 Å². The molecule has 196 valence electrons. The number of rotatable bonds is 7. The van der Waals surface area contributed by atoms with Crippen LogP contribution in [-0.2, 0) is 10.9 Å². The van der Waals surface area contributed by atoms with Gasteiger partial charge in [0.15, 0.2) is 5.82 Å². The summed E-state index contributed by atoms with van der Waals surface area (Å²) in [5.41, 5.74) is 0.0196. The first-order valence-electron chi connectivity index (χ1n) is 10.9. The van der Waals surface area contributed by atoms with Crippen molar-refractivity contribution in [3.63, 3.8) is 0 Å². The van der Waals surface area contributed by atoms with Crippen LogP contribution in [0.4, 0.5) is 29.3 Å². The lowest BCUT2D eigenvalue weighted by atomic mass is 9.97. The zero-order valence-corrected chi connectivity index (χ0v) is 21.2. The minimum atomic E-state index is -4.82. The van der Waals surface area contributed by atoms with Crippen LogP contribution < -0.4 is 15.4 Å². The third kappa shape index (κ3) is 5.32. The molecular weight excluding hydrogens is 513 g/mol. The summed E-state index contributed by atoms with van der Waals surface area (Å²) in [6.45, 7) is 5.75. The summed E-state index contributed by atoms with van der Waals surface area (Å²) in [5.74, 6) is -0.851. The van der Waals surface area contributed by atoms with Crippen molar-refractivity contribution in [3.05, 3.63) is 40.8 Å². The Kier molecular flexibility index (Phi) is 7.27. The van der Waals surface area contributed by atoms with Crippen LogP contribution in [0.2, 0.25) is 0 Å². The van der Waals surface area contributed by atoms with Crippen LogP contribution >= 0.6 is 11.3 Å². The van der Waals surface area contributed by atoms with Crippen LogP contribution in [0.5, 0.6) is 5.88 Å². The van der Waals surface area contributed by atoms with Gasteiger partial charge >= 0.3 is 12.2 Å². The van der Waals surface area contributed by atoms with E-state index in [9.17, 15) is 18.0 Å². The molecule has 0 fully saturated rings. The average molecular weight is 537 g/mol. The molecule has 4 heterocycles. The van der Waals surface area contributed by atoms with E-state index in [0.29, 0.717) is 27.7 Å². The first-order valence-corrected chi connectivity index (χ1v) is 11.7. The molecule has 15 heteroatoms. The number of nitrogens with one attached hydrogen (secondary N) is 2. The number of carbonyl (C=O) groups is 1. The number of anilines is 2. The van der Waals surface area contributed by atoms with Crippen molar-refractivity contribution in [3.8, 4) is 11.7 Å². The summed E-state index contributed by atoms with van der Waals surface area (Å²) in [6.07, 6.45) is -1.36. The Labute approximate surface area is 213 Å². The molecule has 4 aromatic heterocycles. The van der Waals surface area contributed by atoms with Crippen LogP contribution in [-0.4, -0.2) is 50.2 Å². The lowest BCUT2D eigenvalue weighted by molar-refractivity contribution is -0.137. The maximum absolute atomic E-state index is 13.8. The molecule has 1 unspecified atom stereocenters. The third-order valence-electron chi connectivity index (χ3n) is 5.29. The van der Waals surface area contributed by atoms with E-state index in [1.807, 2.05) is 20.8 Å². The van der Waals surface area contributed by atoms with Crippen LogP contribution in [0, 0.1) is 12.8 Å². The monoisotopic (exact) mass is 536 g/mol. The zero-order chi connectivity index (χ0) is 26.9. The number of alkyl halides is 3. The fourth-order valence-electron chi connectivity index (χ4n) is 3.80. The van der Waals surface area contributed by atoms with Crippen molar-refractivity contribution in [2.75, 3.05) is 24.9 Å². The van der Waals surface area contributed by atoms with Crippen molar-refractivity contribution < 1.29 is 27.4 Å². The quantitative estimate of drug-likeness (QED) is 0.338. The van der Waals surface area contributed by atoms with E-state index in [4.69, 9.17) is 9.47 Å². The van der Waals surface area contributed by atoms with Crippen LogP contribution in [0.1, 0.15) is 36.1 Å². The number of ether oxygens (including phenoxy) is 2. The van der Waals surface area contributed by atoms with Gasteiger partial charge in [-0.3, -0.25) is 0 Å². The number of hydrogen-bond acceptors (Lipinski definition) is 9. The number of aryl methyl sites for hydroxylation is 1. The van der Waals surface area contributed by atoms with Gasteiger partial charge in [-0.1, -0.05) is 25.2 Å². The van der Waals surface area contributed by atoms with Crippen molar-refractivity contribution in [2.24, 2.45) is 5.92 Å². The highest BCUT2D eigenvalue weighted by molar-refractivity contribution is 7.18. The molecule has 4 aromatic rings. The highest BCUT2D eigenvalue weighted by Gasteiger charge is 2.37. The van der Waals surface area contributed by atoms with Crippen molar-refractivity contribution in [1.82, 2.24) is 29.9 Å². The SMILES string of the molecule is COc1nc(-n2nccn2)c(C(F)(F)F)cc1NC(=O)Nc1cnc2sc(C)nc2c1C(OC)C(C)C. The summed E-state index contributed by atoms with van der Waals surface area (Å²) < 4.78 is 52.4. The molecular formula is C22H23F3N8O3S. The number of pyridine rings is 2. The summed E-state index contributed by atoms with van der Waals surface area (Å²) in [6, 6.07) is -0.131. The van der Waals surface area contributed by atoms with Gasteiger partial charge in [-0.25, -0.2) is 14.8 Å². The van der Waals surface area contributed by atoms with E-state index in [0.717, 1.165) is 9.80 Å². The zero-order valence-electron chi connectivity index (χ0n) is 20.4. The second-order valence-corrected chi connectivity index (χ2v) is 9.37. The summed E-state index contributed by atoms with van der Waals surface area (Å²) >= 11 is 1.40. The van der Waals surface area contributed by atoms with Crippen LogP contribution in [0.25, 0.3) is 16.2 Å². The second kappa shape index (κ2) is 10.3. The molecule has 0 spiro atoms. The van der Waals surface area contributed by atoms with Gasteiger partial charge in [-0.2, -0.15) is 28.4 Å². The van der Waals surface area contributed by atoms with Crippen molar-refractivity contribution >= 4 is 39.1 Å². The number of amides is 2. The summed E-state index contributed by atoms with van der Waals surface area (Å²) in [7, 11) is 2.76. The third-order valence-corrected chi connectivity index (χ3v) is 6.17. The largest absolute Gasteiger partial charge is 0.479 e. The number of aromatic nitrogens is 6. The van der Waals surface area contributed by atoms with Gasteiger partial charge in [0.2, 0.25) is 5.88 Å². The molecule has 0 aliphatic rings. The predicted molar refractivity (Wildman–Crippen MR) is 130 cm³/mol. The molecule has 0 aromatic carbocycles. The Morgan fingerprint density at radius 2 is 1.78 bits per heavy atom. The Hall–Kier alpha value is -3.85. The van der Waals surface area contributed by atoms with Gasteiger partial charge < -0.3 is 20.1 Å². The van der Waals surface area contributed by atoms with Gasteiger partial charge in [0, 0.05) is 12.7 Å². The molecule has 2 amide bonds. The first-order chi connectivity index (χ1) is 17.5. The van der Waals surface area contributed by atoms with E-state index in [1.54, 1.807) is 7.11 Å². The highest BCUT2D eigenvalue weighted by atomic mass is 32.1. The fraction of sp³-hybridized carbons (Fsp3) is 0.364. The second-order valence-electron chi connectivity index (χ2n) is 8.18. The van der Waals surface area contributed by atoms with Gasteiger partial charge in [0.05, 0.1) is 42.5 Å². The van der Waals surface area contributed by atoms with Crippen LogP contribution in [0.3, 0.4) is 0 Å². The van der Waals surface area contributed by atoms with Gasteiger partial charge in [0.25, 0.3) is 0 Å². The smallest absolute Gasteiger partial charge is 0.420 e. The molecule has 2 N–H and O–H groups in total. The molecule has 11 nitrogen and oxygen atoms in total. The molecule has 0 saturated carbocycles. The number of nitrogens with zero attached hydrogens (tertiary/aromatic N) is 6. The number of thiazole rings is 1. The van der Waals surface area contributed by atoms with Gasteiger partial charge in [0.1, 0.15) is 21.6 Å². The lowest BCUT2D eigenvalue weighted by Crippen LogP contribution is -2.23. The first kappa shape index (κ1) is 26.2. The van der Waals surface area contributed by atoms with Crippen molar-refractivity contribution in [1.29, 1.82) is 0 Å². The molecule has 37 heavy (non-hydrogen) atoms. The number of fused-ring (bicyclic) bond motifs is 1. The molecule has 4 rings (SSSR count). The standard InChI is InChI=1S/C22H23F3N8O3S/c1-10(2)17(35-4)15-14(9-26-20-16(15)29-11(3)37-20)31-21(34)30-13-8-12(22(23,24)25)18(32-19(13)36-5)33-27-6-7-28-33/h6-10,17H,1-5H3,(H2,30,31,34). The van der Waals surface area contributed by atoms with Gasteiger partial charge in [-0.15, -0.1) is 4.80 Å². The maximum Gasteiger partial charge on any atom is 0.420 e. The van der Waals surface area contributed by atoms with Crippen molar-refractivity contribution in [2.45, 2.75) is 33.1 Å². The number of urea groups is 1. The Bertz CT molecular complexity index is 1420. The summed E-state index contributed by atoms with van der Waals surface area (Å²) in [4.78, 5) is 27.2. The van der Waals surface area contributed by atoms with Crippen LogP contribution in [0.15, 0.2) is 24.7 Å². The molecule has 0 saturated heterocycles. The molecule has 0 aliphatic heterocycles. The number of hydrogen-bond donors (Lipinski definition) is 2. The van der Waals surface area contributed by atoms with E-state index in [2.05, 4.69) is 35.8 Å². The molecule has 0 bridgehead atoms. The Morgan fingerprint density at radius 1 is 1.11 bits per heavy atom. The number of halogens is 3. The normalized spacial score (nSPS) is 12.7. The predicted octanol–water partition coefficient (Wildman–Crippen LogP) is 4.99. The molecule has 1 atom stereocenters. The molecule has 0 aliphatic carbocycles. The Morgan fingerprint density at radius 3 is 2.38 bits per heavy atom. The minimum absolute atomic E-state index is 0.0169. The van der Waals surface area contributed by atoms with E-state index in [1.165, 1.54) is 37.0 Å².